The van der Waals surface area contributed by atoms with Crippen molar-refractivity contribution in [1.29, 1.82) is 0 Å². The Balaban J connectivity index is 0.00000176. The summed E-state index contributed by atoms with van der Waals surface area (Å²) in [5, 5.41) is 6.66. The molecular weight excluding hydrogens is 375 g/mol. The number of anilines is 2. The van der Waals surface area contributed by atoms with Crippen molar-refractivity contribution in [3.05, 3.63) is 6.33 Å². The summed E-state index contributed by atoms with van der Waals surface area (Å²) in [4.78, 5) is 16.1. The van der Waals surface area contributed by atoms with Crippen LogP contribution < -0.4 is 22.1 Å². The lowest BCUT2D eigenvalue weighted by Crippen LogP contribution is -2.33. The number of imidazole rings is 1. The van der Waals surface area contributed by atoms with Gasteiger partial charge in [-0.2, -0.15) is 4.98 Å². The summed E-state index contributed by atoms with van der Waals surface area (Å²) < 4.78 is 0. The number of rotatable bonds is 5. The van der Waals surface area contributed by atoms with Gasteiger partial charge < -0.3 is 27.1 Å². The molecule has 0 bridgehead atoms. The number of aromatic nitrogens is 4. The highest BCUT2D eigenvalue weighted by molar-refractivity contribution is 5.86. The summed E-state index contributed by atoms with van der Waals surface area (Å²) in [6.07, 6.45) is 5.74. The van der Waals surface area contributed by atoms with Crippen LogP contribution in [-0.2, 0) is 0 Å². The third-order valence-corrected chi connectivity index (χ3v) is 3.84. The van der Waals surface area contributed by atoms with Crippen LogP contribution in [0.3, 0.4) is 0 Å². The number of hydrogen-bond donors (Lipinski definition) is 5. The minimum atomic E-state index is 0. The smallest absolute Gasteiger partial charge is 0.204 e. The molecule has 0 aromatic carbocycles. The summed E-state index contributed by atoms with van der Waals surface area (Å²) in [6.45, 7) is 1.22. The summed E-state index contributed by atoms with van der Waals surface area (Å²) in [7, 11) is 0. The average molecular weight is 400 g/mol. The van der Waals surface area contributed by atoms with Gasteiger partial charge in [0.15, 0.2) is 5.82 Å². The predicted molar refractivity (Wildman–Crippen MR) is 104 cm³/mol. The Kier molecular flexibility index (Phi) is 10.3. The molecule has 2 aliphatic heterocycles. The first-order valence-corrected chi connectivity index (χ1v) is 7.43. The Hall–Kier alpha value is -1.06. The van der Waals surface area contributed by atoms with E-state index in [0.717, 1.165) is 37.2 Å². The van der Waals surface area contributed by atoms with Crippen molar-refractivity contribution in [2.45, 2.75) is 37.8 Å². The van der Waals surface area contributed by atoms with Gasteiger partial charge in [0.2, 0.25) is 5.95 Å². The van der Waals surface area contributed by atoms with Crippen LogP contribution >= 0.6 is 37.2 Å². The van der Waals surface area contributed by atoms with E-state index in [1.54, 1.807) is 0 Å². The first-order valence-electron chi connectivity index (χ1n) is 7.43. The molecule has 3 rings (SSSR count). The number of aromatic amines is 1. The molecule has 24 heavy (non-hydrogen) atoms. The standard InChI is InChI=1S/C13H22N8.3ClH/c14-5-6-16-11-10-12(18-7-17-10)21-13(20-11)19-9-3-1-8(15)2-4-9;;;/h7-9H,1-6,14-15H2,(H3,16,17,18,19,20,21);3*1H. The van der Waals surface area contributed by atoms with Crippen LogP contribution in [0, 0.1) is 0 Å². The third kappa shape index (κ3) is 5.49. The predicted octanol–water partition coefficient (Wildman–Crippen LogP) is 1.62. The Morgan fingerprint density at radius 1 is 1.12 bits per heavy atom. The van der Waals surface area contributed by atoms with Crippen LogP contribution in [0.15, 0.2) is 6.33 Å². The van der Waals surface area contributed by atoms with Crippen molar-refractivity contribution in [1.82, 2.24) is 19.9 Å². The highest BCUT2D eigenvalue weighted by Crippen LogP contribution is 2.26. The van der Waals surface area contributed by atoms with Gasteiger partial charge >= 0.3 is 0 Å². The molecule has 2 heterocycles. The van der Waals surface area contributed by atoms with Gasteiger partial charge in [0.25, 0.3) is 0 Å². The molecule has 0 spiro atoms. The first-order chi connectivity index (χ1) is 10.3. The molecule has 1 aliphatic carbocycles. The number of nitrogens with one attached hydrogen (secondary N) is 3. The number of halogens is 3. The summed E-state index contributed by atoms with van der Waals surface area (Å²) in [5.41, 5.74) is 12.2. The quantitative estimate of drug-likeness (QED) is 0.516. The molecule has 138 valence electrons. The van der Waals surface area contributed by atoms with E-state index >= 15 is 0 Å². The van der Waals surface area contributed by atoms with Crippen LogP contribution in [0.1, 0.15) is 25.7 Å². The fraction of sp³-hybridized carbons (Fsp3) is 0.615. The van der Waals surface area contributed by atoms with E-state index in [9.17, 15) is 0 Å². The van der Waals surface area contributed by atoms with Gasteiger partial charge in [-0.1, -0.05) is 0 Å². The van der Waals surface area contributed by atoms with Crippen molar-refractivity contribution < 1.29 is 0 Å². The molecule has 1 fully saturated rings. The van der Waals surface area contributed by atoms with Crippen molar-refractivity contribution in [2.75, 3.05) is 23.7 Å². The normalized spacial score (nSPS) is 19.6. The maximum Gasteiger partial charge on any atom is 0.204 e. The van der Waals surface area contributed by atoms with E-state index in [0.29, 0.717) is 36.9 Å². The Morgan fingerprint density at radius 3 is 2.50 bits per heavy atom. The van der Waals surface area contributed by atoms with Crippen LogP contribution in [0.5, 0.6) is 0 Å². The lowest BCUT2D eigenvalue weighted by Gasteiger charge is -2.27. The first kappa shape index (κ1) is 22.9. The number of fused-ring (bicyclic) bond motifs is 1. The molecule has 0 aromatic rings. The van der Waals surface area contributed by atoms with Crippen molar-refractivity contribution in [2.24, 2.45) is 11.5 Å². The molecule has 8 nitrogen and oxygen atoms in total. The molecule has 3 aliphatic rings. The van der Waals surface area contributed by atoms with E-state index in [2.05, 4.69) is 30.6 Å². The zero-order chi connectivity index (χ0) is 14.7. The van der Waals surface area contributed by atoms with Gasteiger partial charge in [-0.3, -0.25) is 0 Å². The molecule has 0 radical (unpaired) electrons. The van der Waals surface area contributed by atoms with Gasteiger partial charge in [-0.25, -0.2) is 9.97 Å². The summed E-state index contributed by atoms with van der Waals surface area (Å²) >= 11 is 0. The summed E-state index contributed by atoms with van der Waals surface area (Å²) in [6, 6.07) is 0.737. The monoisotopic (exact) mass is 398 g/mol. The lowest BCUT2D eigenvalue weighted by molar-refractivity contribution is 0.410. The second kappa shape index (κ2) is 10.7. The zero-order valence-electron chi connectivity index (χ0n) is 13.2. The minimum Gasteiger partial charge on any atom is -0.368 e. The van der Waals surface area contributed by atoms with E-state index in [-0.39, 0.29) is 37.2 Å². The maximum absolute atomic E-state index is 5.94. The molecule has 11 heteroatoms. The highest BCUT2D eigenvalue weighted by Gasteiger charge is 2.21. The van der Waals surface area contributed by atoms with Crippen LogP contribution in [0.25, 0.3) is 11.5 Å². The number of H-pyrrole nitrogens is 1. The SMILES string of the molecule is Cl.Cl.Cl.NCCNc1[nH]c(NC2CCC(N)CC2)nc2ncnc1-2. The largest absolute Gasteiger partial charge is 0.368 e. The molecule has 0 atom stereocenters. The maximum atomic E-state index is 5.94. The average Bonchev–Trinajstić information content (AvgIpc) is 2.95. The van der Waals surface area contributed by atoms with Gasteiger partial charge in [-0.15, -0.1) is 37.2 Å². The van der Waals surface area contributed by atoms with Gasteiger partial charge in [0, 0.05) is 25.2 Å². The van der Waals surface area contributed by atoms with Gasteiger partial charge in [0.05, 0.1) is 0 Å². The second-order valence-electron chi connectivity index (χ2n) is 5.48. The van der Waals surface area contributed by atoms with Crippen molar-refractivity contribution in [3.63, 3.8) is 0 Å². The zero-order valence-corrected chi connectivity index (χ0v) is 15.6. The fourth-order valence-corrected chi connectivity index (χ4v) is 2.68. The Bertz CT molecular complexity index is 558. The van der Waals surface area contributed by atoms with Gasteiger partial charge in [-0.05, 0) is 25.7 Å². The minimum absolute atomic E-state index is 0. The molecule has 0 unspecified atom stereocenters. The van der Waals surface area contributed by atoms with E-state index in [1.165, 1.54) is 6.33 Å². The molecular formula is C13H25Cl3N8. The summed E-state index contributed by atoms with van der Waals surface area (Å²) in [5.74, 6) is 2.14. The van der Waals surface area contributed by atoms with E-state index in [1.807, 2.05) is 0 Å². The van der Waals surface area contributed by atoms with Crippen LogP contribution in [0.2, 0.25) is 0 Å². The van der Waals surface area contributed by atoms with Crippen molar-refractivity contribution in [3.8, 4) is 11.5 Å². The second-order valence-corrected chi connectivity index (χ2v) is 5.48. The Labute approximate surface area is 159 Å². The topological polar surface area (TPSA) is 131 Å². The third-order valence-electron chi connectivity index (χ3n) is 3.84. The highest BCUT2D eigenvalue weighted by atomic mass is 35.5. The van der Waals surface area contributed by atoms with Gasteiger partial charge in [0.1, 0.15) is 17.8 Å². The van der Waals surface area contributed by atoms with E-state index in [4.69, 9.17) is 11.5 Å². The molecule has 7 N–H and O–H groups in total. The van der Waals surface area contributed by atoms with E-state index < -0.39 is 0 Å². The van der Waals surface area contributed by atoms with Crippen LogP contribution in [-0.4, -0.2) is 45.1 Å². The van der Waals surface area contributed by atoms with Crippen LogP contribution in [0.4, 0.5) is 11.8 Å². The number of nitrogens with zero attached hydrogens (tertiary/aromatic N) is 3. The van der Waals surface area contributed by atoms with Crippen molar-refractivity contribution >= 4 is 49.0 Å². The molecule has 1 saturated carbocycles. The number of nitrogens with two attached hydrogens (primary N) is 2. The fourth-order valence-electron chi connectivity index (χ4n) is 2.68. The molecule has 0 amide bonds. The molecule has 0 aromatic heterocycles. The lowest BCUT2D eigenvalue weighted by atomic mass is 9.92. The number of hydrogen-bond acceptors (Lipinski definition) is 7. The Morgan fingerprint density at radius 2 is 1.83 bits per heavy atom. The molecule has 0 saturated heterocycles.